The summed E-state index contributed by atoms with van der Waals surface area (Å²) in [4.78, 5) is 0. The molecule has 0 amide bonds. The molecule has 0 radical (unpaired) electrons. The predicted octanol–water partition coefficient (Wildman–Crippen LogP) is 4.40. The van der Waals surface area contributed by atoms with Gasteiger partial charge < -0.3 is 9.47 Å². The van der Waals surface area contributed by atoms with Crippen molar-refractivity contribution in [1.29, 1.82) is 5.26 Å². The van der Waals surface area contributed by atoms with Crippen LogP contribution in [-0.2, 0) is 0 Å². The molecule has 0 bridgehead atoms. The molecule has 0 aromatic heterocycles. The van der Waals surface area contributed by atoms with E-state index in [1.165, 1.54) is 0 Å². The number of nitrogens with zero attached hydrogens (tertiary/aromatic N) is 1. The summed E-state index contributed by atoms with van der Waals surface area (Å²) in [6.45, 7) is 8.10. The molecule has 4 heteroatoms. The van der Waals surface area contributed by atoms with Crippen molar-refractivity contribution in [2.24, 2.45) is 0 Å². The van der Waals surface area contributed by atoms with Gasteiger partial charge in [0, 0.05) is 11.6 Å². The lowest BCUT2D eigenvalue weighted by atomic mass is 10.0. The van der Waals surface area contributed by atoms with Crippen molar-refractivity contribution in [2.75, 3.05) is 13.7 Å². The zero-order valence-corrected chi connectivity index (χ0v) is 12.3. The smallest absolute Gasteiger partial charge is 0.174 e. The Hall–Kier alpha value is -1.40. The second-order valence-corrected chi connectivity index (χ2v) is 4.03. The SMILES string of the molecule is CC.COc1cc(C(C)C)c(OCC#N)cc1Cl. The van der Waals surface area contributed by atoms with Gasteiger partial charge in [-0.2, -0.15) is 5.26 Å². The van der Waals surface area contributed by atoms with Crippen molar-refractivity contribution in [3.05, 3.63) is 22.7 Å². The number of benzene rings is 1. The van der Waals surface area contributed by atoms with Crippen LogP contribution in [0.5, 0.6) is 11.5 Å². The Bertz CT molecular complexity index is 411. The molecule has 0 saturated heterocycles. The number of hydrogen-bond acceptors (Lipinski definition) is 3. The van der Waals surface area contributed by atoms with Gasteiger partial charge in [0.15, 0.2) is 6.61 Å². The Balaban J connectivity index is 0.00000137. The summed E-state index contributed by atoms with van der Waals surface area (Å²) in [6.07, 6.45) is 0. The van der Waals surface area contributed by atoms with Crippen LogP contribution >= 0.6 is 11.6 Å². The fourth-order valence-electron chi connectivity index (χ4n) is 1.39. The summed E-state index contributed by atoms with van der Waals surface area (Å²) in [7, 11) is 1.57. The highest BCUT2D eigenvalue weighted by atomic mass is 35.5. The molecule has 0 N–H and O–H groups in total. The highest BCUT2D eigenvalue weighted by molar-refractivity contribution is 6.32. The molecular formula is C14H20ClNO2. The highest BCUT2D eigenvalue weighted by Crippen LogP contribution is 2.36. The molecule has 0 fully saturated rings. The molecule has 0 aliphatic rings. The molecule has 0 aliphatic carbocycles. The highest BCUT2D eigenvalue weighted by Gasteiger charge is 2.13. The molecular weight excluding hydrogens is 250 g/mol. The molecule has 1 aromatic carbocycles. The van der Waals surface area contributed by atoms with Gasteiger partial charge in [-0.05, 0) is 12.0 Å². The van der Waals surface area contributed by atoms with E-state index < -0.39 is 0 Å². The van der Waals surface area contributed by atoms with Crippen LogP contribution in [0.1, 0.15) is 39.2 Å². The van der Waals surface area contributed by atoms with E-state index in [1.54, 1.807) is 13.2 Å². The average molecular weight is 270 g/mol. The van der Waals surface area contributed by atoms with Crippen molar-refractivity contribution >= 4 is 11.6 Å². The van der Waals surface area contributed by atoms with Gasteiger partial charge in [0.2, 0.25) is 0 Å². The Morgan fingerprint density at radius 2 is 1.89 bits per heavy atom. The van der Waals surface area contributed by atoms with Gasteiger partial charge >= 0.3 is 0 Å². The average Bonchev–Trinajstić information content (AvgIpc) is 2.38. The fourth-order valence-corrected chi connectivity index (χ4v) is 1.62. The molecule has 0 heterocycles. The number of halogens is 1. The van der Waals surface area contributed by atoms with Crippen molar-refractivity contribution in [1.82, 2.24) is 0 Å². The molecule has 100 valence electrons. The number of methoxy groups -OCH3 is 1. The summed E-state index contributed by atoms with van der Waals surface area (Å²) in [5, 5.41) is 8.98. The van der Waals surface area contributed by atoms with E-state index in [9.17, 15) is 0 Å². The van der Waals surface area contributed by atoms with E-state index in [4.69, 9.17) is 26.3 Å². The number of ether oxygens (including phenoxy) is 2. The first-order valence-corrected chi connectivity index (χ1v) is 6.35. The third kappa shape index (κ3) is 4.46. The normalized spacial score (nSPS) is 9.22. The van der Waals surface area contributed by atoms with E-state index in [-0.39, 0.29) is 12.5 Å². The van der Waals surface area contributed by atoms with E-state index >= 15 is 0 Å². The van der Waals surface area contributed by atoms with Crippen molar-refractivity contribution in [2.45, 2.75) is 33.6 Å². The first-order valence-electron chi connectivity index (χ1n) is 5.97. The number of rotatable bonds is 4. The summed E-state index contributed by atoms with van der Waals surface area (Å²) >= 11 is 6.00. The molecule has 1 rings (SSSR count). The Morgan fingerprint density at radius 1 is 1.28 bits per heavy atom. The molecule has 0 atom stereocenters. The van der Waals surface area contributed by atoms with E-state index in [1.807, 2.05) is 39.8 Å². The first kappa shape index (κ1) is 16.6. The zero-order valence-electron chi connectivity index (χ0n) is 11.6. The summed E-state index contributed by atoms with van der Waals surface area (Å²) in [5.41, 5.74) is 0.983. The fraction of sp³-hybridized carbons (Fsp3) is 0.500. The lowest BCUT2D eigenvalue weighted by Crippen LogP contribution is -2.00. The minimum absolute atomic E-state index is 0.0162. The van der Waals surface area contributed by atoms with Crippen LogP contribution in [0, 0.1) is 11.3 Å². The van der Waals surface area contributed by atoms with Gasteiger partial charge in [-0.15, -0.1) is 0 Å². The van der Waals surface area contributed by atoms with Crippen LogP contribution in [0.25, 0.3) is 0 Å². The quantitative estimate of drug-likeness (QED) is 0.813. The van der Waals surface area contributed by atoms with E-state index in [0.29, 0.717) is 16.5 Å². The summed E-state index contributed by atoms with van der Waals surface area (Å²) in [6, 6.07) is 5.47. The van der Waals surface area contributed by atoms with Crippen LogP contribution in [0.4, 0.5) is 0 Å². The molecule has 3 nitrogen and oxygen atoms in total. The minimum Gasteiger partial charge on any atom is -0.495 e. The number of hydrogen-bond donors (Lipinski definition) is 0. The molecule has 0 aliphatic heterocycles. The topological polar surface area (TPSA) is 42.2 Å². The van der Waals surface area contributed by atoms with Crippen LogP contribution in [0.15, 0.2) is 12.1 Å². The monoisotopic (exact) mass is 269 g/mol. The maximum absolute atomic E-state index is 8.49. The van der Waals surface area contributed by atoms with Crippen LogP contribution < -0.4 is 9.47 Å². The van der Waals surface area contributed by atoms with Crippen LogP contribution in [-0.4, -0.2) is 13.7 Å². The Labute approximate surface area is 114 Å². The second-order valence-electron chi connectivity index (χ2n) is 3.63. The number of nitriles is 1. The Kier molecular flexibility index (Phi) is 7.98. The lowest BCUT2D eigenvalue weighted by molar-refractivity contribution is 0.359. The van der Waals surface area contributed by atoms with Gasteiger partial charge in [0.25, 0.3) is 0 Å². The lowest BCUT2D eigenvalue weighted by Gasteiger charge is -2.15. The molecule has 1 aromatic rings. The Morgan fingerprint density at radius 3 is 2.33 bits per heavy atom. The first-order chi connectivity index (χ1) is 8.60. The van der Waals surface area contributed by atoms with Gasteiger partial charge in [0.1, 0.15) is 17.6 Å². The van der Waals surface area contributed by atoms with Crippen LogP contribution in [0.3, 0.4) is 0 Å². The summed E-state index contributed by atoms with van der Waals surface area (Å²) in [5.74, 6) is 1.54. The van der Waals surface area contributed by atoms with Gasteiger partial charge in [-0.1, -0.05) is 39.3 Å². The summed E-state index contributed by atoms with van der Waals surface area (Å²) < 4.78 is 10.5. The minimum atomic E-state index is 0.0162. The second kappa shape index (κ2) is 8.66. The largest absolute Gasteiger partial charge is 0.495 e. The molecule has 0 unspecified atom stereocenters. The van der Waals surface area contributed by atoms with Gasteiger partial charge in [-0.25, -0.2) is 0 Å². The zero-order chi connectivity index (χ0) is 14.1. The predicted molar refractivity (Wildman–Crippen MR) is 74.5 cm³/mol. The van der Waals surface area contributed by atoms with Crippen molar-refractivity contribution < 1.29 is 9.47 Å². The van der Waals surface area contributed by atoms with E-state index in [2.05, 4.69) is 0 Å². The molecule has 18 heavy (non-hydrogen) atoms. The third-order valence-electron chi connectivity index (χ3n) is 2.20. The molecule has 0 saturated carbocycles. The maximum Gasteiger partial charge on any atom is 0.174 e. The van der Waals surface area contributed by atoms with Crippen LogP contribution in [0.2, 0.25) is 5.02 Å². The van der Waals surface area contributed by atoms with Gasteiger partial charge in [-0.3, -0.25) is 0 Å². The van der Waals surface area contributed by atoms with Crippen molar-refractivity contribution in [3.8, 4) is 17.6 Å². The van der Waals surface area contributed by atoms with Gasteiger partial charge in [0.05, 0.1) is 12.1 Å². The van der Waals surface area contributed by atoms with E-state index in [0.717, 1.165) is 5.56 Å². The van der Waals surface area contributed by atoms with Crippen molar-refractivity contribution in [3.63, 3.8) is 0 Å². The maximum atomic E-state index is 8.49. The molecule has 0 spiro atoms. The standard InChI is InChI=1S/C12H14ClNO2.C2H6/c1-8(2)9-6-12(15-3)10(13)7-11(9)16-5-4-14;1-2/h6-8H,5H2,1-3H3;1-2H3. The third-order valence-corrected chi connectivity index (χ3v) is 2.49.